The van der Waals surface area contributed by atoms with Gasteiger partial charge in [0.1, 0.15) is 6.54 Å². The molecule has 0 aromatic heterocycles. The van der Waals surface area contributed by atoms with E-state index in [2.05, 4.69) is 39.9 Å². The summed E-state index contributed by atoms with van der Waals surface area (Å²) in [6, 6.07) is 8.93. The predicted octanol–water partition coefficient (Wildman–Crippen LogP) is 1.36. The molecule has 1 amide bonds. The largest absolute Gasteiger partial charge is 0.379 e. The molecule has 2 N–H and O–H groups in total. The molecule has 1 heterocycles. The number of rotatable bonds is 8. The van der Waals surface area contributed by atoms with Crippen LogP contribution in [0.3, 0.4) is 0 Å². The van der Waals surface area contributed by atoms with Crippen LogP contribution < -0.4 is 10.6 Å². The number of nitrogens with one attached hydrogen (secondary N) is 2. The number of amides is 1. The maximum absolute atomic E-state index is 12.0. The van der Waals surface area contributed by atoms with Gasteiger partial charge in [0, 0.05) is 39.9 Å². The summed E-state index contributed by atoms with van der Waals surface area (Å²) in [6.45, 7) is 3.09. The van der Waals surface area contributed by atoms with Crippen LogP contribution in [0.2, 0.25) is 0 Å². The third-order valence-corrected chi connectivity index (χ3v) is 5.41. The van der Waals surface area contributed by atoms with E-state index in [-0.39, 0.29) is 18.6 Å². The number of hydrogen-bond donors (Lipinski definition) is 2. The monoisotopic (exact) mass is 402 g/mol. The second kappa shape index (κ2) is 11.2. The third kappa shape index (κ3) is 7.01. The molecule has 2 aliphatic rings. The molecular weight excluding hydrogens is 368 g/mol. The van der Waals surface area contributed by atoms with Crippen molar-refractivity contribution in [3.63, 3.8) is 0 Å². The zero-order valence-electron chi connectivity index (χ0n) is 17.7. The van der Waals surface area contributed by atoms with Gasteiger partial charge in [-0.3, -0.25) is 4.79 Å². The van der Waals surface area contributed by atoms with Crippen molar-refractivity contribution >= 4 is 11.9 Å². The summed E-state index contributed by atoms with van der Waals surface area (Å²) < 4.78 is 11.1. The SMILES string of the molecule is CN(C)C(=O)CN=C(NCCCOC1CCOC1)NC1CCc2ccccc2C1. The van der Waals surface area contributed by atoms with Crippen LogP contribution in [0.5, 0.6) is 0 Å². The normalized spacial score (nSPS) is 21.5. The zero-order valence-corrected chi connectivity index (χ0v) is 17.7. The fourth-order valence-electron chi connectivity index (χ4n) is 3.63. The number of hydrogen-bond acceptors (Lipinski definition) is 4. The molecule has 2 unspecified atom stereocenters. The fraction of sp³-hybridized carbons (Fsp3) is 0.636. The van der Waals surface area contributed by atoms with Gasteiger partial charge in [-0.2, -0.15) is 0 Å². The summed E-state index contributed by atoms with van der Waals surface area (Å²) in [6.07, 6.45) is 5.20. The first-order valence-corrected chi connectivity index (χ1v) is 10.6. The van der Waals surface area contributed by atoms with E-state index in [9.17, 15) is 4.79 Å². The first-order chi connectivity index (χ1) is 14.1. The summed E-state index contributed by atoms with van der Waals surface area (Å²) >= 11 is 0. The van der Waals surface area contributed by atoms with Crippen molar-refractivity contribution in [2.75, 3.05) is 47.0 Å². The van der Waals surface area contributed by atoms with Crippen molar-refractivity contribution in [1.29, 1.82) is 0 Å². The summed E-state index contributed by atoms with van der Waals surface area (Å²) in [4.78, 5) is 18.0. The molecule has 0 bridgehead atoms. The fourth-order valence-corrected chi connectivity index (χ4v) is 3.63. The van der Waals surface area contributed by atoms with E-state index >= 15 is 0 Å². The lowest BCUT2D eigenvalue weighted by atomic mass is 9.88. The highest BCUT2D eigenvalue weighted by Gasteiger charge is 2.19. The van der Waals surface area contributed by atoms with E-state index in [1.165, 1.54) is 11.1 Å². The molecule has 1 aromatic rings. The van der Waals surface area contributed by atoms with Crippen LogP contribution >= 0.6 is 0 Å². The van der Waals surface area contributed by atoms with Gasteiger partial charge in [0.05, 0.1) is 12.7 Å². The molecule has 1 aromatic carbocycles. The maximum Gasteiger partial charge on any atom is 0.243 e. The minimum atomic E-state index is -0.00958. The van der Waals surface area contributed by atoms with E-state index < -0.39 is 0 Å². The van der Waals surface area contributed by atoms with Crippen LogP contribution in [0, 0.1) is 0 Å². The van der Waals surface area contributed by atoms with Crippen LogP contribution in [-0.2, 0) is 27.1 Å². The van der Waals surface area contributed by atoms with Crippen molar-refractivity contribution in [3.8, 4) is 0 Å². The number of guanidine groups is 1. The Morgan fingerprint density at radius 1 is 1.28 bits per heavy atom. The molecule has 0 radical (unpaired) electrons. The number of carbonyl (C=O) groups is 1. The Hall–Kier alpha value is -2.12. The zero-order chi connectivity index (χ0) is 20.5. The molecule has 0 saturated carbocycles. The molecule has 1 fully saturated rings. The van der Waals surface area contributed by atoms with E-state index in [1.807, 2.05) is 0 Å². The third-order valence-electron chi connectivity index (χ3n) is 5.41. The molecule has 0 spiro atoms. The Kier molecular flexibility index (Phi) is 8.31. The van der Waals surface area contributed by atoms with Crippen LogP contribution in [0.1, 0.15) is 30.4 Å². The minimum Gasteiger partial charge on any atom is -0.379 e. The van der Waals surface area contributed by atoms with Crippen LogP contribution in [0.15, 0.2) is 29.3 Å². The molecular formula is C22H34N4O3. The second-order valence-electron chi connectivity index (χ2n) is 7.94. The molecule has 7 nitrogen and oxygen atoms in total. The first kappa shape index (κ1) is 21.6. The number of aryl methyl sites for hydroxylation is 1. The molecule has 1 aliphatic carbocycles. The van der Waals surface area contributed by atoms with E-state index in [4.69, 9.17) is 9.47 Å². The first-order valence-electron chi connectivity index (χ1n) is 10.6. The minimum absolute atomic E-state index is 0.00958. The van der Waals surface area contributed by atoms with Crippen LogP contribution in [0.4, 0.5) is 0 Å². The summed E-state index contributed by atoms with van der Waals surface area (Å²) in [7, 11) is 3.50. The highest BCUT2D eigenvalue weighted by Crippen LogP contribution is 2.20. The summed E-state index contributed by atoms with van der Waals surface area (Å²) in [5.74, 6) is 0.693. The van der Waals surface area contributed by atoms with Gasteiger partial charge in [0.2, 0.25) is 5.91 Å². The number of fused-ring (bicyclic) bond motifs is 1. The number of carbonyl (C=O) groups excluding carboxylic acids is 1. The maximum atomic E-state index is 12.0. The molecule has 1 aliphatic heterocycles. The molecule has 29 heavy (non-hydrogen) atoms. The van der Waals surface area contributed by atoms with Gasteiger partial charge in [-0.25, -0.2) is 4.99 Å². The molecule has 7 heteroatoms. The van der Waals surface area contributed by atoms with E-state index in [1.54, 1.807) is 19.0 Å². The van der Waals surface area contributed by atoms with Gasteiger partial charge in [0.25, 0.3) is 0 Å². The highest BCUT2D eigenvalue weighted by atomic mass is 16.5. The van der Waals surface area contributed by atoms with Crippen molar-refractivity contribution in [2.45, 2.75) is 44.2 Å². The predicted molar refractivity (Wildman–Crippen MR) is 114 cm³/mol. The van der Waals surface area contributed by atoms with Gasteiger partial charge in [-0.1, -0.05) is 24.3 Å². The lowest BCUT2D eigenvalue weighted by molar-refractivity contribution is -0.127. The van der Waals surface area contributed by atoms with Crippen LogP contribution in [-0.4, -0.2) is 75.9 Å². The van der Waals surface area contributed by atoms with Crippen LogP contribution in [0.25, 0.3) is 0 Å². The standard InChI is InChI=1S/C22H34N4O3/c1-26(2)21(27)15-24-22(23-11-5-12-29-20-10-13-28-16-20)25-19-9-8-17-6-3-4-7-18(17)14-19/h3-4,6-7,19-20H,5,8-16H2,1-2H3,(H2,23,24,25). The Labute approximate surface area is 173 Å². The Morgan fingerprint density at radius 2 is 2.10 bits per heavy atom. The lowest BCUT2D eigenvalue weighted by Gasteiger charge is -2.27. The van der Waals surface area contributed by atoms with Crippen molar-refractivity contribution in [3.05, 3.63) is 35.4 Å². The Bertz CT molecular complexity index is 686. The number of benzene rings is 1. The Balaban J connectivity index is 1.49. The second-order valence-corrected chi connectivity index (χ2v) is 7.94. The van der Waals surface area contributed by atoms with Crippen molar-refractivity contribution < 1.29 is 14.3 Å². The number of ether oxygens (including phenoxy) is 2. The summed E-state index contributed by atoms with van der Waals surface area (Å²) in [5.41, 5.74) is 2.83. The lowest BCUT2D eigenvalue weighted by Crippen LogP contribution is -2.46. The topological polar surface area (TPSA) is 75.2 Å². The molecule has 2 atom stereocenters. The van der Waals surface area contributed by atoms with E-state index in [0.717, 1.165) is 45.3 Å². The summed E-state index contributed by atoms with van der Waals surface area (Å²) in [5, 5.41) is 6.90. The van der Waals surface area contributed by atoms with Gasteiger partial charge in [-0.05, 0) is 43.2 Å². The molecule has 3 rings (SSSR count). The number of likely N-dealkylation sites (N-methyl/N-ethyl adjacent to an activating group) is 1. The van der Waals surface area contributed by atoms with Gasteiger partial charge in [0.15, 0.2) is 5.96 Å². The van der Waals surface area contributed by atoms with E-state index in [0.29, 0.717) is 25.2 Å². The van der Waals surface area contributed by atoms with Crippen molar-refractivity contribution in [1.82, 2.24) is 15.5 Å². The quantitative estimate of drug-likeness (QED) is 0.390. The molecule has 1 saturated heterocycles. The van der Waals surface area contributed by atoms with Gasteiger partial charge in [-0.15, -0.1) is 0 Å². The smallest absolute Gasteiger partial charge is 0.243 e. The molecule has 160 valence electrons. The highest BCUT2D eigenvalue weighted by molar-refractivity contribution is 5.85. The number of aliphatic imine (C=N–C) groups is 1. The van der Waals surface area contributed by atoms with Gasteiger partial charge >= 0.3 is 0 Å². The average molecular weight is 403 g/mol. The Morgan fingerprint density at radius 3 is 2.86 bits per heavy atom. The van der Waals surface area contributed by atoms with Gasteiger partial charge < -0.3 is 25.0 Å². The van der Waals surface area contributed by atoms with Crippen molar-refractivity contribution in [2.24, 2.45) is 4.99 Å². The average Bonchev–Trinajstić information content (AvgIpc) is 3.24. The number of nitrogens with zero attached hydrogens (tertiary/aromatic N) is 2.